The zero-order chi connectivity index (χ0) is 23.4. The lowest BCUT2D eigenvalue weighted by atomic mass is 9.38. The highest BCUT2D eigenvalue weighted by Gasteiger charge is 2.68. The van der Waals surface area contributed by atoms with Crippen molar-refractivity contribution in [3.05, 3.63) is 58.4 Å². The molecule has 8 heteroatoms. The van der Waals surface area contributed by atoms with Gasteiger partial charge in [-0.15, -0.1) is 0 Å². The Hall–Kier alpha value is -2.93. The predicted octanol–water partition coefficient (Wildman–Crippen LogP) is 4.20. The van der Waals surface area contributed by atoms with Crippen LogP contribution >= 0.6 is 11.6 Å². The van der Waals surface area contributed by atoms with Crippen LogP contribution in [0.2, 0.25) is 5.02 Å². The van der Waals surface area contributed by atoms with Crippen molar-refractivity contribution >= 4 is 29.1 Å². The summed E-state index contributed by atoms with van der Waals surface area (Å²) in [5.41, 5.74) is 0.449. The number of benzene rings is 2. The first-order valence-electron chi connectivity index (χ1n) is 10.9. The number of amides is 1. The maximum absolute atomic E-state index is 13.3. The van der Waals surface area contributed by atoms with Gasteiger partial charge in [-0.1, -0.05) is 11.6 Å². The first-order chi connectivity index (χ1) is 15.7. The maximum Gasteiger partial charge on any atom is 0.258 e. The molecule has 0 aromatic heterocycles. The van der Waals surface area contributed by atoms with Crippen molar-refractivity contribution in [1.82, 2.24) is 5.32 Å². The molecule has 4 aliphatic rings. The fourth-order valence-electron chi connectivity index (χ4n) is 5.47. The number of aryl methyl sites for hydroxylation is 1. The Morgan fingerprint density at radius 1 is 1.21 bits per heavy atom. The van der Waals surface area contributed by atoms with Gasteiger partial charge in [-0.25, -0.2) is 4.39 Å². The molecule has 2 bridgehead atoms. The number of nitrogens with one attached hydrogen (secondary N) is 1. The molecule has 0 spiro atoms. The maximum atomic E-state index is 13.3. The number of ether oxygens (including phenoxy) is 2. The van der Waals surface area contributed by atoms with Gasteiger partial charge in [0, 0.05) is 17.0 Å². The molecule has 3 fully saturated rings. The third kappa shape index (κ3) is 4.10. The summed E-state index contributed by atoms with van der Waals surface area (Å²) in [4.78, 5) is 37.6. The average Bonchev–Trinajstić information content (AvgIpc) is 2.72. The minimum atomic E-state index is -0.779. The van der Waals surface area contributed by atoms with Crippen LogP contribution in [-0.2, 0) is 9.59 Å². The van der Waals surface area contributed by atoms with Crippen molar-refractivity contribution in [2.75, 3.05) is 6.61 Å². The predicted molar refractivity (Wildman–Crippen MR) is 118 cm³/mol. The quantitative estimate of drug-likeness (QED) is 0.654. The molecule has 33 heavy (non-hydrogen) atoms. The lowest BCUT2D eigenvalue weighted by Crippen LogP contribution is -2.75. The summed E-state index contributed by atoms with van der Waals surface area (Å²) in [6, 6.07) is 9.17. The largest absolute Gasteiger partial charge is 0.484 e. The Balaban J connectivity index is 1.10. The van der Waals surface area contributed by atoms with Crippen LogP contribution in [0.4, 0.5) is 4.39 Å². The normalized spacial score (nSPS) is 26.9. The summed E-state index contributed by atoms with van der Waals surface area (Å²) < 4.78 is 24.6. The molecular formula is C25H23ClFNO5. The summed E-state index contributed by atoms with van der Waals surface area (Å²) in [5, 5.41) is 3.46. The lowest BCUT2D eigenvalue weighted by Gasteiger charge is -2.70. The zero-order valence-corrected chi connectivity index (χ0v) is 18.8. The monoisotopic (exact) mass is 471 g/mol. The highest BCUT2D eigenvalue weighted by atomic mass is 35.5. The number of fused-ring (bicyclic) bond motifs is 1. The average molecular weight is 472 g/mol. The van der Waals surface area contributed by atoms with Crippen molar-refractivity contribution in [3.63, 3.8) is 0 Å². The molecule has 6 rings (SSSR count). The number of ketones is 2. The first kappa shape index (κ1) is 21.9. The minimum absolute atomic E-state index is 0.0182. The number of halogens is 2. The molecule has 0 unspecified atom stereocenters. The number of hydrogen-bond acceptors (Lipinski definition) is 5. The molecule has 172 valence electrons. The second-order valence-corrected chi connectivity index (χ2v) is 10.0. The van der Waals surface area contributed by atoms with Crippen LogP contribution in [-0.4, -0.2) is 35.7 Å². The van der Waals surface area contributed by atoms with Crippen LogP contribution < -0.4 is 14.8 Å². The summed E-state index contributed by atoms with van der Waals surface area (Å²) in [6.45, 7) is 1.48. The fourth-order valence-corrected chi connectivity index (χ4v) is 5.64. The third-order valence-electron chi connectivity index (χ3n) is 6.83. The Labute approximate surface area is 195 Å². The molecule has 2 aromatic carbocycles. The minimum Gasteiger partial charge on any atom is -0.484 e. The fraction of sp³-hybridized carbons (Fsp3) is 0.400. The molecule has 3 aliphatic carbocycles. The van der Waals surface area contributed by atoms with E-state index in [1.165, 1.54) is 12.1 Å². The van der Waals surface area contributed by atoms with Crippen molar-refractivity contribution in [2.45, 2.75) is 50.7 Å². The standard InChI is InChI=1S/C25H23ClFNO5/c1-14-6-16(3-4-18(14)27)32-10-23(31)28-25-11-24(12-25,13-25)9-20(30)22-8-19(29)17-7-15(26)2-5-21(17)33-22/h2-7,22H,8-13H2,1H3,(H,28,31)/t22-,24?,25?/m0/s1. The summed E-state index contributed by atoms with van der Waals surface area (Å²) >= 11 is 5.95. The number of Topliss-reactive ketones (excluding diaryl/α,β-unsaturated/α-hetero) is 2. The topological polar surface area (TPSA) is 81.7 Å². The molecule has 1 atom stereocenters. The first-order valence-corrected chi connectivity index (χ1v) is 11.3. The van der Waals surface area contributed by atoms with Crippen LogP contribution in [0.25, 0.3) is 0 Å². The van der Waals surface area contributed by atoms with E-state index in [4.69, 9.17) is 21.1 Å². The van der Waals surface area contributed by atoms with Gasteiger partial charge in [-0.3, -0.25) is 14.4 Å². The second kappa shape index (κ2) is 7.83. The van der Waals surface area contributed by atoms with E-state index in [1.54, 1.807) is 31.2 Å². The molecule has 2 aromatic rings. The molecule has 0 radical (unpaired) electrons. The number of carbonyl (C=O) groups excluding carboxylic acids is 3. The van der Waals surface area contributed by atoms with Gasteiger partial charge in [0.2, 0.25) is 0 Å². The molecular weight excluding hydrogens is 449 g/mol. The van der Waals surface area contributed by atoms with E-state index >= 15 is 0 Å². The number of carbonyl (C=O) groups is 3. The highest BCUT2D eigenvalue weighted by Crippen LogP contribution is 2.69. The van der Waals surface area contributed by atoms with Gasteiger partial charge in [0.15, 0.2) is 24.3 Å². The number of hydrogen-bond donors (Lipinski definition) is 1. The smallest absolute Gasteiger partial charge is 0.258 e. The summed E-state index contributed by atoms with van der Waals surface area (Å²) in [5.74, 6) is 0.0415. The molecule has 1 amide bonds. The zero-order valence-electron chi connectivity index (χ0n) is 18.1. The molecule has 6 nitrogen and oxygen atoms in total. The van der Waals surface area contributed by atoms with Crippen molar-refractivity contribution < 1.29 is 28.2 Å². The lowest BCUT2D eigenvalue weighted by molar-refractivity contribution is -0.175. The van der Waals surface area contributed by atoms with Gasteiger partial charge in [-0.05, 0) is 73.6 Å². The van der Waals surface area contributed by atoms with Crippen LogP contribution in [0.5, 0.6) is 11.5 Å². The van der Waals surface area contributed by atoms with Gasteiger partial charge in [0.05, 0.1) is 12.0 Å². The van der Waals surface area contributed by atoms with E-state index in [2.05, 4.69) is 5.32 Å². The SMILES string of the molecule is Cc1cc(OCC(=O)NC23CC(CC(=O)[C@@H]4CC(=O)c5cc(Cl)ccc5O4)(C2)C3)ccc1F. The van der Waals surface area contributed by atoms with E-state index in [9.17, 15) is 18.8 Å². The Kier molecular flexibility index (Phi) is 5.20. The molecule has 1 N–H and O–H groups in total. The van der Waals surface area contributed by atoms with Crippen LogP contribution in [0, 0.1) is 18.2 Å². The van der Waals surface area contributed by atoms with Crippen molar-refractivity contribution in [1.29, 1.82) is 0 Å². The van der Waals surface area contributed by atoms with Gasteiger partial charge in [0.1, 0.15) is 17.3 Å². The van der Waals surface area contributed by atoms with E-state index in [0.717, 1.165) is 19.3 Å². The van der Waals surface area contributed by atoms with Crippen molar-refractivity contribution in [3.8, 4) is 11.5 Å². The molecule has 1 heterocycles. The van der Waals surface area contributed by atoms with E-state index < -0.39 is 6.10 Å². The number of rotatable bonds is 7. The second-order valence-electron chi connectivity index (χ2n) is 9.58. The summed E-state index contributed by atoms with van der Waals surface area (Å²) in [7, 11) is 0. The van der Waals surface area contributed by atoms with Crippen LogP contribution in [0.3, 0.4) is 0 Å². The van der Waals surface area contributed by atoms with Gasteiger partial charge < -0.3 is 14.8 Å². The van der Waals surface area contributed by atoms with Crippen molar-refractivity contribution in [2.24, 2.45) is 5.41 Å². The van der Waals surface area contributed by atoms with Crippen LogP contribution in [0.1, 0.15) is 48.0 Å². The van der Waals surface area contributed by atoms with Gasteiger partial charge in [0.25, 0.3) is 5.91 Å². The summed E-state index contributed by atoms with van der Waals surface area (Å²) in [6.07, 6.45) is 1.74. The Bertz CT molecular complexity index is 1160. The highest BCUT2D eigenvalue weighted by molar-refractivity contribution is 6.31. The Morgan fingerprint density at radius 3 is 2.70 bits per heavy atom. The molecule has 0 saturated heterocycles. The third-order valence-corrected chi connectivity index (χ3v) is 7.07. The molecule has 3 saturated carbocycles. The van der Waals surface area contributed by atoms with E-state index in [0.29, 0.717) is 34.1 Å². The molecule has 1 aliphatic heterocycles. The van der Waals surface area contributed by atoms with Gasteiger partial charge in [-0.2, -0.15) is 0 Å². The van der Waals surface area contributed by atoms with Crippen LogP contribution in [0.15, 0.2) is 36.4 Å². The van der Waals surface area contributed by atoms with Gasteiger partial charge >= 0.3 is 0 Å². The van der Waals surface area contributed by atoms with E-state index in [1.807, 2.05) is 0 Å². The van der Waals surface area contributed by atoms with E-state index in [-0.39, 0.29) is 47.3 Å². The Morgan fingerprint density at radius 2 is 1.97 bits per heavy atom.